The number of carbonyl (C=O) groups is 3. The lowest BCUT2D eigenvalue weighted by Gasteiger charge is -2.19. The standard InChI is InChI=1S/C20H19NO4/c22-18(16-9-5-2-6-10-16)11-12-19(23)21-17(14-25-20(21)24)13-15-7-3-1-4-8-15/h1-10,17H,11-14H2/t17-/m0/s1. The quantitative estimate of drug-likeness (QED) is 0.759. The van der Waals surface area contributed by atoms with Crippen LogP contribution in [-0.4, -0.2) is 35.3 Å². The van der Waals surface area contributed by atoms with Crippen molar-refractivity contribution < 1.29 is 19.1 Å². The van der Waals surface area contributed by atoms with Crippen LogP contribution in [0.25, 0.3) is 0 Å². The molecule has 2 amide bonds. The smallest absolute Gasteiger partial charge is 0.416 e. The van der Waals surface area contributed by atoms with Crippen molar-refractivity contribution >= 4 is 17.8 Å². The van der Waals surface area contributed by atoms with Crippen molar-refractivity contribution in [3.8, 4) is 0 Å². The number of nitrogens with zero attached hydrogens (tertiary/aromatic N) is 1. The van der Waals surface area contributed by atoms with Gasteiger partial charge in [-0.05, 0) is 12.0 Å². The summed E-state index contributed by atoms with van der Waals surface area (Å²) in [6.07, 6.45) is -0.0119. The van der Waals surface area contributed by atoms with Crippen molar-refractivity contribution in [1.29, 1.82) is 0 Å². The summed E-state index contributed by atoms with van der Waals surface area (Å²) in [5.74, 6) is -0.478. The Morgan fingerprint density at radius 1 is 0.960 bits per heavy atom. The molecule has 3 rings (SSSR count). The summed E-state index contributed by atoms with van der Waals surface area (Å²) in [5.41, 5.74) is 1.60. The normalized spacial score (nSPS) is 16.6. The van der Waals surface area contributed by atoms with Gasteiger partial charge in [0, 0.05) is 18.4 Å². The Hall–Kier alpha value is -2.95. The Bertz CT molecular complexity index is 758. The number of hydrogen-bond acceptors (Lipinski definition) is 4. The van der Waals surface area contributed by atoms with Crippen molar-refractivity contribution in [2.24, 2.45) is 0 Å². The van der Waals surface area contributed by atoms with Gasteiger partial charge in [-0.1, -0.05) is 60.7 Å². The monoisotopic (exact) mass is 337 g/mol. The van der Waals surface area contributed by atoms with Gasteiger partial charge in [-0.15, -0.1) is 0 Å². The summed E-state index contributed by atoms with van der Waals surface area (Å²) in [6, 6.07) is 18.1. The van der Waals surface area contributed by atoms with Gasteiger partial charge in [-0.3, -0.25) is 9.59 Å². The van der Waals surface area contributed by atoms with E-state index in [0.29, 0.717) is 12.0 Å². The van der Waals surface area contributed by atoms with Gasteiger partial charge in [0.05, 0.1) is 6.04 Å². The summed E-state index contributed by atoms with van der Waals surface area (Å²) >= 11 is 0. The highest BCUT2D eigenvalue weighted by Gasteiger charge is 2.37. The predicted octanol–water partition coefficient (Wildman–Crippen LogP) is 3.24. The molecule has 1 fully saturated rings. The number of benzene rings is 2. The summed E-state index contributed by atoms with van der Waals surface area (Å²) in [7, 11) is 0. The number of ether oxygens (including phenoxy) is 1. The highest BCUT2D eigenvalue weighted by Crippen LogP contribution is 2.19. The van der Waals surface area contributed by atoms with Gasteiger partial charge in [0.25, 0.3) is 0 Å². The SMILES string of the molecule is O=C(CCC(=O)N1C(=O)OC[C@@H]1Cc1ccccc1)c1ccccc1. The lowest BCUT2D eigenvalue weighted by molar-refractivity contribution is -0.129. The van der Waals surface area contributed by atoms with Gasteiger partial charge in [-0.25, -0.2) is 9.69 Å². The molecule has 0 radical (unpaired) electrons. The topological polar surface area (TPSA) is 63.7 Å². The van der Waals surface area contributed by atoms with E-state index in [2.05, 4.69) is 0 Å². The number of imide groups is 1. The maximum Gasteiger partial charge on any atom is 0.416 e. The zero-order valence-corrected chi connectivity index (χ0v) is 13.8. The van der Waals surface area contributed by atoms with Crippen LogP contribution in [0.1, 0.15) is 28.8 Å². The number of carbonyl (C=O) groups excluding carboxylic acids is 3. The fraction of sp³-hybridized carbons (Fsp3) is 0.250. The zero-order valence-electron chi connectivity index (χ0n) is 13.8. The molecule has 0 bridgehead atoms. The van der Waals surface area contributed by atoms with Crippen LogP contribution < -0.4 is 0 Å². The average molecular weight is 337 g/mol. The number of Topliss-reactive ketones (excluding diaryl/α,β-unsaturated/α-hetero) is 1. The van der Waals surface area contributed by atoms with E-state index in [1.54, 1.807) is 24.3 Å². The fourth-order valence-corrected chi connectivity index (χ4v) is 2.91. The molecule has 0 spiro atoms. The minimum atomic E-state index is -0.627. The molecule has 5 heteroatoms. The van der Waals surface area contributed by atoms with Crippen LogP contribution in [0.5, 0.6) is 0 Å². The van der Waals surface area contributed by atoms with E-state index in [0.717, 1.165) is 10.5 Å². The van der Waals surface area contributed by atoms with Gasteiger partial charge in [0.1, 0.15) is 6.61 Å². The van der Waals surface area contributed by atoms with E-state index >= 15 is 0 Å². The molecule has 2 aromatic rings. The van der Waals surface area contributed by atoms with Crippen LogP contribution >= 0.6 is 0 Å². The molecule has 5 nitrogen and oxygen atoms in total. The number of ketones is 1. The average Bonchev–Trinajstić information content (AvgIpc) is 3.01. The second-order valence-corrected chi connectivity index (χ2v) is 5.97. The molecule has 25 heavy (non-hydrogen) atoms. The minimum Gasteiger partial charge on any atom is -0.447 e. The van der Waals surface area contributed by atoms with Gasteiger partial charge in [-0.2, -0.15) is 0 Å². The summed E-state index contributed by atoms with van der Waals surface area (Å²) < 4.78 is 5.04. The maximum absolute atomic E-state index is 12.5. The van der Waals surface area contributed by atoms with E-state index in [9.17, 15) is 14.4 Å². The van der Waals surface area contributed by atoms with Gasteiger partial charge < -0.3 is 4.74 Å². The van der Waals surface area contributed by atoms with Gasteiger partial charge in [0.15, 0.2) is 5.78 Å². The second-order valence-electron chi connectivity index (χ2n) is 5.97. The molecule has 2 aromatic carbocycles. The van der Waals surface area contributed by atoms with Crippen LogP contribution in [0.4, 0.5) is 4.79 Å². The molecule has 1 heterocycles. The highest BCUT2D eigenvalue weighted by atomic mass is 16.6. The van der Waals surface area contributed by atoms with Gasteiger partial charge in [0.2, 0.25) is 5.91 Å². The Morgan fingerprint density at radius 3 is 2.28 bits per heavy atom. The van der Waals surface area contributed by atoms with Crippen LogP contribution in [0.3, 0.4) is 0 Å². The first-order valence-corrected chi connectivity index (χ1v) is 8.26. The molecule has 0 aromatic heterocycles. The maximum atomic E-state index is 12.5. The van der Waals surface area contributed by atoms with Crippen LogP contribution in [0.2, 0.25) is 0 Å². The van der Waals surface area contributed by atoms with Crippen LogP contribution in [-0.2, 0) is 16.0 Å². The molecule has 1 aliphatic rings. The van der Waals surface area contributed by atoms with E-state index in [1.165, 1.54) is 0 Å². The van der Waals surface area contributed by atoms with E-state index < -0.39 is 6.09 Å². The first kappa shape index (κ1) is 16.9. The Labute approximate surface area is 146 Å². The molecular formula is C20H19NO4. The number of hydrogen-bond donors (Lipinski definition) is 0. The van der Waals surface area contributed by atoms with Crippen LogP contribution in [0.15, 0.2) is 60.7 Å². The Balaban J connectivity index is 1.61. The highest BCUT2D eigenvalue weighted by molar-refractivity contribution is 6.00. The Kier molecular flexibility index (Phi) is 5.23. The van der Waals surface area contributed by atoms with E-state index in [1.807, 2.05) is 36.4 Å². The molecular weight excluding hydrogens is 318 g/mol. The first-order valence-electron chi connectivity index (χ1n) is 8.26. The Morgan fingerprint density at radius 2 is 1.60 bits per heavy atom. The largest absolute Gasteiger partial charge is 0.447 e. The summed E-state index contributed by atoms with van der Waals surface area (Å²) in [6.45, 7) is 0.187. The van der Waals surface area contributed by atoms with Crippen molar-refractivity contribution in [2.75, 3.05) is 6.61 Å². The third-order valence-corrected chi connectivity index (χ3v) is 4.21. The molecule has 1 aliphatic heterocycles. The van der Waals surface area contributed by atoms with Crippen molar-refractivity contribution in [2.45, 2.75) is 25.3 Å². The van der Waals surface area contributed by atoms with Crippen molar-refractivity contribution in [3.63, 3.8) is 0 Å². The van der Waals surface area contributed by atoms with Crippen molar-refractivity contribution in [3.05, 3.63) is 71.8 Å². The summed E-state index contributed by atoms with van der Waals surface area (Å²) in [4.78, 5) is 37.7. The van der Waals surface area contributed by atoms with Crippen molar-refractivity contribution in [1.82, 2.24) is 4.90 Å². The number of amides is 2. The second kappa shape index (κ2) is 7.75. The third kappa shape index (κ3) is 4.12. The molecule has 0 N–H and O–H groups in total. The zero-order chi connectivity index (χ0) is 17.6. The number of rotatable bonds is 6. The predicted molar refractivity (Wildman–Crippen MR) is 92.1 cm³/mol. The van der Waals surface area contributed by atoms with Crippen LogP contribution in [0, 0.1) is 0 Å². The summed E-state index contributed by atoms with van der Waals surface area (Å²) in [5, 5.41) is 0. The lowest BCUT2D eigenvalue weighted by atomic mass is 10.0. The molecule has 128 valence electrons. The first-order chi connectivity index (χ1) is 12.1. The minimum absolute atomic E-state index is 0.00584. The van der Waals surface area contributed by atoms with E-state index in [-0.39, 0.29) is 37.2 Å². The molecule has 1 atom stereocenters. The van der Waals surface area contributed by atoms with Gasteiger partial charge >= 0.3 is 6.09 Å². The molecule has 1 saturated heterocycles. The van der Waals surface area contributed by atoms with E-state index in [4.69, 9.17) is 4.74 Å². The molecule has 0 aliphatic carbocycles. The fourth-order valence-electron chi connectivity index (χ4n) is 2.91. The molecule has 0 unspecified atom stereocenters. The third-order valence-electron chi connectivity index (χ3n) is 4.21. The number of cyclic esters (lactones) is 1. The lowest BCUT2D eigenvalue weighted by Crippen LogP contribution is -2.40. The molecule has 0 saturated carbocycles.